The minimum absolute atomic E-state index is 0.0401. The van der Waals surface area contributed by atoms with E-state index in [2.05, 4.69) is 9.97 Å². The molecule has 2 rings (SSSR count). The molecule has 0 saturated carbocycles. The lowest BCUT2D eigenvalue weighted by molar-refractivity contribution is 0.587. The van der Waals surface area contributed by atoms with Gasteiger partial charge >= 0.3 is 0 Å². The molecule has 5 heteroatoms. The number of hydrogen-bond donors (Lipinski definition) is 0. The molecule has 0 atom stereocenters. The quantitative estimate of drug-likeness (QED) is 0.787. The van der Waals surface area contributed by atoms with Gasteiger partial charge in [0, 0.05) is 18.0 Å². The van der Waals surface area contributed by atoms with Crippen LogP contribution in [0.15, 0.2) is 24.5 Å². The van der Waals surface area contributed by atoms with Crippen molar-refractivity contribution < 1.29 is 8.78 Å². The van der Waals surface area contributed by atoms with Crippen molar-refractivity contribution in [3.63, 3.8) is 0 Å². The van der Waals surface area contributed by atoms with Crippen LogP contribution in [0.1, 0.15) is 25.2 Å². The summed E-state index contributed by atoms with van der Waals surface area (Å²) in [7, 11) is 0. The lowest BCUT2D eigenvalue weighted by atomic mass is 10.1. The summed E-state index contributed by atoms with van der Waals surface area (Å²) in [6.45, 7) is 5.60. The van der Waals surface area contributed by atoms with Crippen molar-refractivity contribution in [2.75, 3.05) is 0 Å². The second kappa shape index (κ2) is 6.55. The minimum Gasteiger partial charge on any atom is -0.227 e. The predicted molar refractivity (Wildman–Crippen MR) is 68.2 cm³/mol. The smallest absolute Gasteiger partial charge is 0.227 e. The molecule has 0 aliphatic heterocycles. The average Bonchev–Trinajstić information content (AvgIpc) is 2.40. The molecule has 0 N–H and O–H groups in total. The van der Waals surface area contributed by atoms with Crippen LogP contribution in [0.25, 0.3) is 11.1 Å². The molecule has 98 valence electrons. The van der Waals surface area contributed by atoms with Crippen LogP contribution >= 0.6 is 0 Å². The van der Waals surface area contributed by atoms with Gasteiger partial charge in [-0.1, -0.05) is 13.8 Å². The Balaban J connectivity index is 0.000000861. The molecule has 0 amide bonds. The van der Waals surface area contributed by atoms with E-state index in [0.29, 0.717) is 5.56 Å². The van der Waals surface area contributed by atoms with Crippen molar-refractivity contribution in [2.24, 2.45) is 0 Å². The Kier molecular flexibility index (Phi) is 5.07. The van der Waals surface area contributed by atoms with Crippen molar-refractivity contribution >= 4 is 0 Å². The molecule has 0 aliphatic carbocycles. The van der Waals surface area contributed by atoms with Gasteiger partial charge < -0.3 is 0 Å². The number of rotatable bonds is 1. The summed E-state index contributed by atoms with van der Waals surface area (Å²) in [6, 6.07) is 4.20. The van der Waals surface area contributed by atoms with Gasteiger partial charge in [0.05, 0.1) is 5.56 Å². The SMILES string of the molecule is CC.Cc1cc(F)c(-c2cnc(C#N)nc2)c(F)c1. The Morgan fingerprint density at radius 2 is 1.53 bits per heavy atom. The molecule has 1 aromatic heterocycles. The maximum Gasteiger partial charge on any atom is 0.232 e. The zero-order chi connectivity index (χ0) is 14.4. The molecule has 0 aliphatic rings. The Morgan fingerprint density at radius 1 is 1.05 bits per heavy atom. The molecule has 3 nitrogen and oxygen atoms in total. The highest BCUT2D eigenvalue weighted by molar-refractivity contribution is 5.63. The molecular weight excluding hydrogens is 248 g/mol. The molecule has 0 unspecified atom stereocenters. The van der Waals surface area contributed by atoms with Crippen LogP contribution in [0, 0.1) is 29.9 Å². The van der Waals surface area contributed by atoms with E-state index in [1.165, 1.54) is 24.5 Å². The maximum atomic E-state index is 13.6. The van der Waals surface area contributed by atoms with E-state index in [0.717, 1.165) is 0 Å². The molecule has 1 aromatic carbocycles. The van der Waals surface area contributed by atoms with Gasteiger partial charge in [0.15, 0.2) is 0 Å². The molecule has 0 spiro atoms. The Hall–Kier alpha value is -2.35. The topological polar surface area (TPSA) is 49.6 Å². The van der Waals surface area contributed by atoms with Crippen LogP contribution in [0.3, 0.4) is 0 Å². The first-order valence-electron chi connectivity index (χ1n) is 5.80. The first kappa shape index (κ1) is 14.7. The van der Waals surface area contributed by atoms with Gasteiger partial charge in [-0.2, -0.15) is 5.26 Å². The van der Waals surface area contributed by atoms with Gasteiger partial charge in [0.2, 0.25) is 5.82 Å². The van der Waals surface area contributed by atoms with Crippen LogP contribution in [0.2, 0.25) is 0 Å². The predicted octanol–water partition coefficient (Wildman–Crippen LogP) is 3.63. The highest BCUT2D eigenvalue weighted by Gasteiger charge is 2.13. The second-order valence-corrected chi connectivity index (χ2v) is 3.51. The van der Waals surface area contributed by atoms with E-state index < -0.39 is 11.6 Å². The summed E-state index contributed by atoms with van der Waals surface area (Å²) in [5, 5.41) is 8.52. The highest BCUT2D eigenvalue weighted by Crippen LogP contribution is 2.25. The highest BCUT2D eigenvalue weighted by atomic mass is 19.1. The third kappa shape index (κ3) is 3.32. The summed E-state index contributed by atoms with van der Waals surface area (Å²) in [5.41, 5.74) is 0.525. The standard InChI is InChI=1S/C12H7F2N3.C2H6/c1-7-2-9(13)12(10(14)3-7)8-5-16-11(4-15)17-6-8;1-2/h2-3,5-6H,1H3;1-2H3. The van der Waals surface area contributed by atoms with E-state index in [1.807, 2.05) is 13.8 Å². The minimum atomic E-state index is -0.671. The van der Waals surface area contributed by atoms with Crippen molar-refractivity contribution in [3.05, 3.63) is 47.5 Å². The molecule has 0 fully saturated rings. The van der Waals surface area contributed by atoms with Crippen LogP contribution < -0.4 is 0 Å². The molecule has 0 radical (unpaired) electrons. The number of nitrogens with zero attached hydrogens (tertiary/aromatic N) is 3. The normalized spacial score (nSPS) is 9.26. The van der Waals surface area contributed by atoms with Gasteiger partial charge in [0.25, 0.3) is 0 Å². The maximum absolute atomic E-state index is 13.6. The van der Waals surface area contributed by atoms with Crippen LogP contribution in [0.5, 0.6) is 0 Å². The van der Waals surface area contributed by atoms with E-state index in [1.54, 1.807) is 13.0 Å². The number of aryl methyl sites for hydroxylation is 1. The second-order valence-electron chi connectivity index (χ2n) is 3.51. The fourth-order valence-corrected chi connectivity index (χ4v) is 1.49. The number of benzene rings is 1. The summed E-state index contributed by atoms with van der Waals surface area (Å²) >= 11 is 0. The Morgan fingerprint density at radius 3 is 1.95 bits per heavy atom. The Bertz CT molecular complexity index is 578. The first-order valence-corrected chi connectivity index (χ1v) is 5.80. The monoisotopic (exact) mass is 261 g/mol. The first-order chi connectivity index (χ1) is 9.11. The van der Waals surface area contributed by atoms with Crippen molar-refractivity contribution in [2.45, 2.75) is 20.8 Å². The number of halogens is 2. The van der Waals surface area contributed by atoms with E-state index in [4.69, 9.17) is 5.26 Å². The van der Waals surface area contributed by atoms with Crippen molar-refractivity contribution in [3.8, 4) is 17.2 Å². The molecule has 19 heavy (non-hydrogen) atoms. The summed E-state index contributed by atoms with van der Waals surface area (Å²) in [4.78, 5) is 7.35. The van der Waals surface area contributed by atoms with Crippen LogP contribution in [-0.4, -0.2) is 9.97 Å². The van der Waals surface area contributed by atoms with Gasteiger partial charge in [-0.05, 0) is 24.6 Å². The number of aromatic nitrogens is 2. The lowest BCUT2D eigenvalue weighted by Gasteiger charge is -2.05. The van der Waals surface area contributed by atoms with Gasteiger partial charge in [0.1, 0.15) is 17.7 Å². The van der Waals surface area contributed by atoms with Crippen LogP contribution in [-0.2, 0) is 0 Å². The fourth-order valence-electron chi connectivity index (χ4n) is 1.49. The number of hydrogen-bond acceptors (Lipinski definition) is 3. The van der Waals surface area contributed by atoms with Crippen LogP contribution in [0.4, 0.5) is 8.78 Å². The zero-order valence-electron chi connectivity index (χ0n) is 10.9. The van der Waals surface area contributed by atoms with Gasteiger partial charge in [-0.15, -0.1) is 0 Å². The summed E-state index contributed by atoms with van der Waals surface area (Å²) in [5.74, 6) is -1.38. The summed E-state index contributed by atoms with van der Waals surface area (Å²) < 4.78 is 27.2. The Labute approximate surface area is 110 Å². The van der Waals surface area contributed by atoms with E-state index >= 15 is 0 Å². The zero-order valence-corrected chi connectivity index (χ0v) is 10.9. The van der Waals surface area contributed by atoms with Crippen molar-refractivity contribution in [1.29, 1.82) is 5.26 Å². The van der Waals surface area contributed by atoms with E-state index in [-0.39, 0.29) is 17.0 Å². The third-order valence-electron chi connectivity index (χ3n) is 2.23. The third-order valence-corrected chi connectivity index (χ3v) is 2.23. The van der Waals surface area contributed by atoms with Gasteiger partial charge in [-0.25, -0.2) is 18.7 Å². The molecule has 1 heterocycles. The lowest BCUT2D eigenvalue weighted by Crippen LogP contribution is -1.95. The average molecular weight is 261 g/mol. The molecule has 0 saturated heterocycles. The van der Waals surface area contributed by atoms with E-state index in [9.17, 15) is 8.78 Å². The molecular formula is C14H13F2N3. The van der Waals surface area contributed by atoms with Crippen molar-refractivity contribution in [1.82, 2.24) is 9.97 Å². The molecule has 2 aromatic rings. The summed E-state index contributed by atoms with van der Waals surface area (Å²) in [6.07, 6.45) is 2.45. The fraction of sp³-hybridized carbons (Fsp3) is 0.214. The largest absolute Gasteiger partial charge is 0.232 e. The molecule has 0 bridgehead atoms. The number of nitriles is 1. The van der Waals surface area contributed by atoms with Gasteiger partial charge in [-0.3, -0.25) is 0 Å².